The van der Waals surface area contributed by atoms with Crippen molar-refractivity contribution in [3.8, 4) is 5.75 Å². The Balaban J connectivity index is 2.00. The van der Waals surface area contributed by atoms with Crippen molar-refractivity contribution in [2.45, 2.75) is 45.2 Å². The second-order valence-electron chi connectivity index (χ2n) is 5.97. The topological polar surface area (TPSA) is 27.7 Å². The highest BCUT2D eigenvalue weighted by Gasteiger charge is 2.37. The summed E-state index contributed by atoms with van der Waals surface area (Å²) in [4.78, 5) is 0. The first-order chi connectivity index (χ1) is 10.00. The van der Waals surface area contributed by atoms with E-state index in [1.807, 2.05) is 19.1 Å². The van der Waals surface area contributed by atoms with E-state index in [0.29, 0.717) is 0 Å². The number of ether oxygens (including phenoxy) is 3. The normalized spacial score (nSPS) is 29.5. The molecule has 0 saturated carbocycles. The van der Waals surface area contributed by atoms with E-state index in [2.05, 4.69) is 38.1 Å². The smallest absolute Gasteiger partial charge is 0.192 e. The summed E-state index contributed by atoms with van der Waals surface area (Å²) in [6, 6.07) is 12.4. The minimum atomic E-state index is -0.675. The summed E-state index contributed by atoms with van der Waals surface area (Å²) in [5, 5.41) is 2.31. The summed E-state index contributed by atoms with van der Waals surface area (Å²) in [6.45, 7) is 6.20. The highest BCUT2D eigenvalue weighted by atomic mass is 16.7. The van der Waals surface area contributed by atoms with E-state index in [1.165, 1.54) is 0 Å². The van der Waals surface area contributed by atoms with Crippen LogP contribution >= 0.6 is 0 Å². The van der Waals surface area contributed by atoms with Gasteiger partial charge in [0.1, 0.15) is 5.75 Å². The van der Waals surface area contributed by atoms with Crippen LogP contribution in [0, 0.1) is 0 Å². The zero-order valence-corrected chi connectivity index (χ0v) is 13.1. The van der Waals surface area contributed by atoms with Crippen molar-refractivity contribution in [3.05, 3.63) is 42.0 Å². The standard InChI is InChI=1S/C18H22O3/c1-12-9-13(2)21-18(3,20-12)16-7-5-15-11-17(19-4)8-6-14(15)10-16/h5-8,10-13H,9H2,1-4H3. The monoisotopic (exact) mass is 286 g/mol. The fourth-order valence-electron chi connectivity index (χ4n) is 3.13. The predicted molar refractivity (Wildman–Crippen MR) is 83.6 cm³/mol. The van der Waals surface area contributed by atoms with Gasteiger partial charge in [-0.25, -0.2) is 0 Å². The van der Waals surface area contributed by atoms with Gasteiger partial charge >= 0.3 is 0 Å². The molecule has 2 aromatic rings. The molecule has 0 bridgehead atoms. The van der Waals surface area contributed by atoms with Gasteiger partial charge in [0.2, 0.25) is 0 Å². The molecule has 0 radical (unpaired) electrons. The van der Waals surface area contributed by atoms with Gasteiger partial charge in [0.25, 0.3) is 0 Å². The third-order valence-electron chi connectivity index (χ3n) is 4.09. The molecule has 0 spiro atoms. The Morgan fingerprint density at radius 2 is 1.62 bits per heavy atom. The summed E-state index contributed by atoms with van der Waals surface area (Å²) in [5.41, 5.74) is 1.05. The van der Waals surface area contributed by atoms with Crippen molar-refractivity contribution < 1.29 is 14.2 Å². The lowest BCUT2D eigenvalue weighted by Crippen LogP contribution is -2.42. The zero-order valence-electron chi connectivity index (χ0n) is 13.1. The summed E-state index contributed by atoms with van der Waals surface area (Å²) >= 11 is 0. The van der Waals surface area contributed by atoms with Crippen molar-refractivity contribution >= 4 is 10.8 Å². The second-order valence-corrected chi connectivity index (χ2v) is 5.97. The second kappa shape index (κ2) is 5.32. The van der Waals surface area contributed by atoms with Crippen LogP contribution < -0.4 is 4.74 Å². The molecule has 2 aromatic carbocycles. The molecule has 3 nitrogen and oxygen atoms in total. The van der Waals surface area contributed by atoms with Crippen LogP contribution in [-0.4, -0.2) is 19.3 Å². The molecule has 0 aromatic heterocycles. The first-order valence-corrected chi connectivity index (χ1v) is 7.44. The van der Waals surface area contributed by atoms with E-state index in [0.717, 1.165) is 28.5 Å². The van der Waals surface area contributed by atoms with E-state index in [1.54, 1.807) is 7.11 Å². The Hall–Kier alpha value is -1.58. The maximum atomic E-state index is 6.08. The molecule has 1 aliphatic rings. The van der Waals surface area contributed by atoms with Crippen LogP contribution in [0.2, 0.25) is 0 Å². The van der Waals surface area contributed by atoms with Crippen molar-refractivity contribution in [1.82, 2.24) is 0 Å². The fourth-order valence-corrected chi connectivity index (χ4v) is 3.13. The molecule has 3 rings (SSSR count). The van der Waals surface area contributed by atoms with Gasteiger partial charge in [-0.15, -0.1) is 0 Å². The van der Waals surface area contributed by atoms with Crippen LogP contribution in [0.1, 0.15) is 32.8 Å². The maximum absolute atomic E-state index is 6.08. The molecule has 1 saturated heterocycles. The third-order valence-corrected chi connectivity index (χ3v) is 4.09. The van der Waals surface area contributed by atoms with Crippen molar-refractivity contribution in [3.63, 3.8) is 0 Å². The van der Waals surface area contributed by atoms with Gasteiger partial charge in [0.05, 0.1) is 19.3 Å². The Morgan fingerprint density at radius 3 is 2.29 bits per heavy atom. The molecule has 21 heavy (non-hydrogen) atoms. The van der Waals surface area contributed by atoms with Gasteiger partial charge in [0.15, 0.2) is 5.79 Å². The van der Waals surface area contributed by atoms with Gasteiger partial charge in [-0.1, -0.05) is 18.2 Å². The molecule has 2 atom stereocenters. The molecule has 112 valence electrons. The highest BCUT2D eigenvalue weighted by molar-refractivity contribution is 5.84. The lowest BCUT2D eigenvalue weighted by molar-refractivity contribution is -0.311. The molecule has 2 unspecified atom stereocenters. The Bertz CT molecular complexity index is 640. The Kier molecular flexibility index (Phi) is 3.64. The van der Waals surface area contributed by atoms with Gasteiger partial charge in [-0.2, -0.15) is 0 Å². The summed E-state index contributed by atoms with van der Waals surface area (Å²) in [5.74, 6) is 0.194. The summed E-state index contributed by atoms with van der Waals surface area (Å²) in [7, 11) is 1.68. The number of fused-ring (bicyclic) bond motifs is 1. The molecular formula is C18H22O3. The largest absolute Gasteiger partial charge is 0.497 e. The van der Waals surface area contributed by atoms with Crippen LogP contribution in [0.4, 0.5) is 0 Å². The zero-order chi connectivity index (χ0) is 15.0. The van der Waals surface area contributed by atoms with Crippen LogP contribution in [0.5, 0.6) is 5.75 Å². The van der Waals surface area contributed by atoms with Crippen molar-refractivity contribution in [2.24, 2.45) is 0 Å². The number of benzene rings is 2. The van der Waals surface area contributed by atoms with Crippen LogP contribution in [0.3, 0.4) is 0 Å². The first-order valence-electron chi connectivity index (χ1n) is 7.44. The average Bonchev–Trinajstić information content (AvgIpc) is 2.44. The molecule has 0 aliphatic carbocycles. The van der Waals surface area contributed by atoms with Gasteiger partial charge in [0, 0.05) is 5.56 Å². The molecule has 0 N–H and O–H groups in total. The minimum absolute atomic E-state index is 0.199. The first kappa shape index (κ1) is 14.4. The number of hydrogen-bond acceptors (Lipinski definition) is 3. The van der Waals surface area contributed by atoms with Gasteiger partial charge in [-0.05, 0) is 56.2 Å². The summed E-state index contributed by atoms with van der Waals surface area (Å²) < 4.78 is 17.4. The maximum Gasteiger partial charge on any atom is 0.192 e. The van der Waals surface area contributed by atoms with Gasteiger partial charge < -0.3 is 14.2 Å². The average molecular weight is 286 g/mol. The number of rotatable bonds is 2. The fraction of sp³-hybridized carbons (Fsp3) is 0.444. The lowest BCUT2D eigenvalue weighted by atomic mass is 9.99. The predicted octanol–water partition coefficient (Wildman–Crippen LogP) is 4.24. The van der Waals surface area contributed by atoms with Crippen LogP contribution in [0.25, 0.3) is 10.8 Å². The van der Waals surface area contributed by atoms with Crippen LogP contribution in [-0.2, 0) is 15.3 Å². The molecule has 3 heteroatoms. The van der Waals surface area contributed by atoms with E-state index in [9.17, 15) is 0 Å². The minimum Gasteiger partial charge on any atom is -0.497 e. The highest BCUT2D eigenvalue weighted by Crippen LogP contribution is 2.37. The summed E-state index contributed by atoms with van der Waals surface area (Å²) in [6.07, 6.45) is 1.33. The number of methoxy groups -OCH3 is 1. The quantitative estimate of drug-likeness (QED) is 0.826. The van der Waals surface area contributed by atoms with E-state index >= 15 is 0 Å². The molecule has 1 heterocycles. The van der Waals surface area contributed by atoms with Crippen molar-refractivity contribution in [2.75, 3.05) is 7.11 Å². The van der Waals surface area contributed by atoms with Crippen LogP contribution in [0.15, 0.2) is 36.4 Å². The van der Waals surface area contributed by atoms with Gasteiger partial charge in [-0.3, -0.25) is 0 Å². The molecule has 0 amide bonds. The molecular weight excluding hydrogens is 264 g/mol. The Labute approximate surface area is 125 Å². The van der Waals surface area contributed by atoms with E-state index < -0.39 is 5.79 Å². The lowest BCUT2D eigenvalue weighted by Gasteiger charge is -2.41. The van der Waals surface area contributed by atoms with Crippen molar-refractivity contribution in [1.29, 1.82) is 0 Å². The Morgan fingerprint density at radius 1 is 1.00 bits per heavy atom. The van der Waals surface area contributed by atoms with E-state index in [4.69, 9.17) is 14.2 Å². The SMILES string of the molecule is COc1ccc2cc(C3(C)OC(C)CC(C)O3)ccc2c1. The van der Waals surface area contributed by atoms with E-state index in [-0.39, 0.29) is 12.2 Å². The molecule has 1 fully saturated rings. The number of hydrogen-bond donors (Lipinski definition) is 0. The third kappa shape index (κ3) is 2.76. The molecule has 1 aliphatic heterocycles.